The average Bonchev–Trinajstić information content (AvgIpc) is 2.94. The van der Waals surface area contributed by atoms with Gasteiger partial charge in [0, 0.05) is 32.2 Å². The van der Waals surface area contributed by atoms with Gasteiger partial charge in [0.15, 0.2) is 0 Å². The summed E-state index contributed by atoms with van der Waals surface area (Å²) in [6.45, 7) is 1.82. The van der Waals surface area contributed by atoms with Crippen LogP contribution in [0.2, 0.25) is 0 Å². The number of urea groups is 1. The lowest BCUT2D eigenvalue weighted by Gasteiger charge is -2.36. The van der Waals surface area contributed by atoms with E-state index in [2.05, 4.69) is 5.32 Å². The van der Waals surface area contributed by atoms with Crippen LogP contribution in [0.15, 0.2) is 0 Å². The molecule has 1 aliphatic heterocycles. The fraction of sp³-hybridized carbons (Fsp3) is 0.867. The molecule has 2 aliphatic rings. The fourth-order valence-electron chi connectivity index (χ4n) is 3.58. The molecular weight excluding hydrogens is 272 g/mol. The Morgan fingerprint density at radius 1 is 1.24 bits per heavy atom. The molecule has 120 valence electrons. The Bertz CT molecular complexity index is 380. The summed E-state index contributed by atoms with van der Waals surface area (Å²) in [5.41, 5.74) is -0.282. The molecule has 0 aromatic rings. The molecule has 6 nitrogen and oxygen atoms in total. The van der Waals surface area contributed by atoms with E-state index in [9.17, 15) is 9.59 Å². The van der Waals surface area contributed by atoms with E-state index in [1.54, 1.807) is 4.90 Å². The molecular formula is C15H26N2O4. The third kappa shape index (κ3) is 4.33. The number of likely N-dealkylation sites (tertiary alicyclic amines) is 1. The van der Waals surface area contributed by atoms with E-state index < -0.39 is 5.97 Å². The van der Waals surface area contributed by atoms with Gasteiger partial charge in [0.25, 0.3) is 0 Å². The number of hydrogen-bond acceptors (Lipinski definition) is 3. The number of carbonyl (C=O) groups excluding carboxylic acids is 1. The third-order valence-corrected chi connectivity index (χ3v) is 4.89. The van der Waals surface area contributed by atoms with Crippen LogP contribution in [0.25, 0.3) is 0 Å². The van der Waals surface area contributed by atoms with Gasteiger partial charge >= 0.3 is 12.0 Å². The van der Waals surface area contributed by atoms with Crippen LogP contribution in [0.1, 0.15) is 44.9 Å². The maximum atomic E-state index is 12.2. The topological polar surface area (TPSA) is 89.9 Å². The number of aliphatic carboxylic acids is 1. The minimum atomic E-state index is -0.785. The minimum absolute atomic E-state index is 0.118. The molecule has 0 aromatic carbocycles. The van der Waals surface area contributed by atoms with E-state index in [0.29, 0.717) is 19.6 Å². The van der Waals surface area contributed by atoms with Crippen LogP contribution >= 0.6 is 0 Å². The number of nitrogens with one attached hydrogen (secondary N) is 1. The van der Waals surface area contributed by atoms with Crippen molar-refractivity contribution in [3.05, 3.63) is 0 Å². The Balaban J connectivity index is 1.86. The number of carboxylic acid groups (broad SMARTS) is 1. The van der Waals surface area contributed by atoms with E-state index in [-0.39, 0.29) is 30.4 Å². The highest BCUT2D eigenvalue weighted by molar-refractivity contribution is 5.74. The maximum Gasteiger partial charge on any atom is 0.317 e. The highest BCUT2D eigenvalue weighted by Crippen LogP contribution is 2.38. The Morgan fingerprint density at radius 2 is 1.95 bits per heavy atom. The smallest absolute Gasteiger partial charge is 0.317 e. The van der Waals surface area contributed by atoms with Gasteiger partial charge < -0.3 is 20.4 Å². The van der Waals surface area contributed by atoms with E-state index in [1.165, 1.54) is 0 Å². The zero-order valence-corrected chi connectivity index (χ0v) is 12.5. The number of hydrogen-bond donors (Lipinski definition) is 3. The second-order valence-electron chi connectivity index (χ2n) is 6.57. The monoisotopic (exact) mass is 298 g/mol. The van der Waals surface area contributed by atoms with Crippen LogP contribution in [0.4, 0.5) is 4.79 Å². The fourth-order valence-corrected chi connectivity index (χ4v) is 3.58. The first kappa shape index (κ1) is 16.1. The van der Waals surface area contributed by atoms with E-state index >= 15 is 0 Å². The Morgan fingerprint density at radius 3 is 2.52 bits per heavy atom. The average molecular weight is 298 g/mol. The Hall–Kier alpha value is -1.30. The molecule has 0 aromatic heterocycles. The lowest BCUT2D eigenvalue weighted by Crippen LogP contribution is -2.45. The molecule has 2 amide bonds. The van der Waals surface area contributed by atoms with Gasteiger partial charge in [0.05, 0.1) is 6.42 Å². The van der Waals surface area contributed by atoms with Crippen LogP contribution in [0.3, 0.4) is 0 Å². The molecule has 0 bridgehead atoms. The van der Waals surface area contributed by atoms with Gasteiger partial charge in [-0.2, -0.15) is 0 Å². The molecule has 1 saturated heterocycles. The van der Waals surface area contributed by atoms with Crippen LogP contribution in [-0.4, -0.2) is 53.4 Å². The van der Waals surface area contributed by atoms with Crippen molar-refractivity contribution >= 4 is 12.0 Å². The second-order valence-corrected chi connectivity index (χ2v) is 6.57. The maximum absolute atomic E-state index is 12.2. The quantitative estimate of drug-likeness (QED) is 0.716. The lowest BCUT2D eigenvalue weighted by atomic mass is 9.72. The van der Waals surface area contributed by atoms with Crippen molar-refractivity contribution in [2.24, 2.45) is 11.3 Å². The first-order valence-corrected chi connectivity index (χ1v) is 7.90. The summed E-state index contributed by atoms with van der Waals surface area (Å²) in [6, 6.07) is -0.124. The number of nitrogens with zero attached hydrogens (tertiary/aromatic N) is 1. The van der Waals surface area contributed by atoms with Crippen LogP contribution in [0, 0.1) is 11.3 Å². The SMILES string of the molecule is O=C(O)CC1(CNC(=O)N2CCC(CO)C2)CCCCC1. The first-order valence-electron chi connectivity index (χ1n) is 7.90. The van der Waals surface area contributed by atoms with Crippen LogP contribution in [0.5, 0.6) is 0 Å². The molecule has 3 N–H and O–H groups in total. The molecule has 0 spiro atoms. The summed E-state index contributed by atoms with van der Waals surface area (Å²) in [4.78, 5) is 25.0. The van der Waals surface area contributed by atoms with Gasteiger partial charge in [-0.15, -0.1) is 0 Å². The molecule has 1 aliphatic carbocycles. The minimum Gasteiger partial charge on any atom is -0.481 e. The molecule has 1 heterocycles. The van der Waals surface area contributed by atoms with Crippen molar-refractivity contribution in [1.29, 1.82) is 0 Å². The molecule has 0 radical (unpaired) electrons. The second kappa shape index (κ2) is 7.11. The molecule has 2 rings (SSSR count). The predicted molar refractivity (Wildman–Crippen MR) is 77.9 cm³/mol. The number of aliphatic hydroxyl groups is 1. The van der Waals surface area contributed by atoms with E-state index in [0.717, 1.165) is 38.5 Å². The van der Waals surface area contributed by atoms with Crippen molar-refractivity contribution in [1.82, 2.24) is 10.2 Å². The summed E-state index contributed by atoms with van der Waals surface area (Å²) in [7, 11) is 0. The molecule has 1 unspecified atom stereocenters. The Labute approximate surface area is 125 Å². The van der Waals surface area contributed by atoms with Crippen molar-refractivity contribution in [3.8, 4) is 0 Å². The number of carboxylic acids is 1. The highest BCUT2D eigenvalue weighted by atomic mass is 16.4. The summed E-state index contributed by atoms with van der Waals surface area (Å²) in [5.74, 6) is -0.605. The van der Waals surface area contributed by atoms with E-state index in [4.69, 9.17) is 10.2 Å². The van der Waals surface area contributed by atoms with Crippen molar-refractivity contribution in [2.75, 3.05) is 26.2 Å². The van der Waals surface area contributed by atoms with Gasteiger partial charge in [-0.25, -0.2) is 4.79 Å². The van der Waals surface area contributed by atoms with Crippen LogP contribution in [-0.2, 0) is 4.79 Å². The van der Waals surface area contributed by atoms with Gasteiger partial charge in [0.1, 0.15) is 0 Å². The highest BCUT2D eigenvalue weighted by Gasteiger charge is 2.35. The van der Waals surface area contributed by atoms with Gasteiger partial charge in [-0.1, -0.05) is 19.3 Å². The normalized spacial score (nSPS) is 24.8. The molecule has 1 saturated carbocycles. The summed E-state index contributed by atoms with van der Waals surface area (Å²) in [6.07, 6.45) is 5.95. The molecule has 6 heteroatoms. The molecule has 21 heavy (non-hydrogen) atoms. The number of carbonyl (C=O) groups is 2. The predicted octanol–water partition coefficient (Wildman–Crippen LogP) is 1.44. The summed E-state index contributed by atoms with van der Waals surface area (Å²) >= 11 is 0. The Kier molecular flexibility index (Phi) is 5.45. The first-order chi connectivity index (χ1) is 10.0. The van der Waals surface area contributed by atoms with Crippen molar-refractivity contribution < 1.29 is 19.8 Å². The number of aliphatic hydroxyl groups excluding tert-OH is 1. The van der Waals surface area contributed by atoms with Crippen molar-refractivity contribution in [2.45, 2.75) is 44.9 Å². The van der Waals surface area contributed by atoms with Gasteiger partial charge in [-0.3, -0.25) is 4.79 Å². The zero-order chi connectivity index (χ0) is 15.3. The standard InChI is InChI=1S/C15H26N2O4/c18-10-12-4-7-17(9-12)14(21)16-11-15(8-13(19)20)5-2-1-3-6-15/h12,18H,1-11H2,(H,16,21)(H,19,20). The van der Waals surface area contributed by atoms with Gasteiger partial charge in [0.2, 0.25) is 0 Å². The number of rotatable bonds is 5. The van der Waals surface area contributed by atoms with Gasteiger partial charge in [-0.05, 0) is 24.7 Å². The zero-order valence-electron chi connectivity index (χ0n) is 12.5. The summed E-state index contributed by atoms with van der Waals surface area (Å²) in [5, 5.41) is 21.2. The largest absolute Gasteiger partial charge is 0.481 e. The lowest BCUT2D eigenvalue weighted by molar-refractivity contribution is -0.140. The van der Waals surface area contributed by atoms with Crippen molar-refractivity contribution in [3.63, 3.8) is 0 Å². The molecule has 2 fully saturated rings. The number of amides is 2. The third-order valence-electron chi connectivity index (χ3n) is 4.89. The summed E-state index contributed by atoms with van der Waals surface area (Å²) < 4.78 is 0. The van der Waals surface area contributed by atoms with Crippen LogP contribution < -0.4 is 5.32 Å². The molecule has 1 atom stereocenters. The van der Waals surface area contributed by atoms with E-state index in [1.807, 2.05) is 0 Å².